The van der Waals surface area contributed by atoms with E-state index in [-0.39, 0.29) is 0 Å². The SMILES string of the molecule is Clc1ccc(Cc2nc(CSc3ccccc3Cl)cs2)cc1Cl. The van der Waals surface area contributed by atoms with Crippen molar-refractivity contribution in [1.29, 1.82) is 0 Å². The van der Waals surface area contributed by atoms with Crippen LogP contribution in [-0.4, -0.2) is 4.98 Å². The molecule has 0 aliphatic rings. The van der Waals surface area contributed by atoms with Crippen LogP contribution in [0.25, 0.3) is 0 Å². The van der Waals surface area contributed by atoms with Crippen molar-refractivity contribution in [2.24, 2.45) is 0 Å². The van der Waals surface area contributed by atoms with E-state index in [1.165, 1.54) is 0 Å². The van der Waals surface area contributed by atoms with Gasteiger partial charge in [0.05, 0.1) is 25.8 Å². The maximum atomic E-state index is 6.17. The van der Waals surface area contributed by atoms with Crippen LogP contribution in [0.15, 0.2) is 52.7 Å². The van der Waals surface area contributed by atoms with E-state index in [0.717, 1.165) is 38.4 Å². The minimum Gasteiger partial charge on any atom is -0.245 e. The lowest BCUT2D eigenvalue weighted by Crippen LogP contribution is -1.89. The summed E-state index contributed by atoms with van der Waals surface area (Å²) in [5, 5.41) is 5.10. The Bertz CT molecular complexity index is 817. The fraction of sp³-hybridized carbons (Fsp3) is 0.118. The second kappa shape index (κ2) is 7.91. The Morgan fingerprint density at radius 2 is 1.78 bits per heavy atom. The molecule has 0 aliphatic heterocycles. The second-order valence-electron chi connectivity index (χ2n) is 4.88. The highest BCUT2D eigenvalue weighted by molar-refractivity contribution is 7.98. The van der Waals surface area contributed by atoms with Crippen LogP contribution in [0, 0.1) is 0 Å². The molecule has 0 saturated carbocycles. The predicted molar refractivity (Wildman–Crippen MR) is 102 cm³/mol. The highest BCUT2D eigenvalue weighted by atomic mass is 35.5. The zero-order chi connectivity index (χ0) is 16.2. The van der Waals surface area contributed by atoms with Gasteiger partial charge in [-0.15, -0.1) is 23.1 Å². The average Bonchev–Trinajstić information content (AvgIpc) is 2.98. The quantitative estimate of drug-likeness (QED) is 0.428. The van der Waals surface area contributed by atoms with Gasteiger partial charge in [-0.1, -0.05) is 53.0 Å². The maximum absolute atomic E-state index is 6.17. The Hall–Kier alpha value is -0.710. The lowest BCUT2D eigenvalue weighted by molar-refractivity contribution is 1.09. The van der Waals surface area contributed by atoms with Crippen molar-refractivity contribution in [3.05, 3.63) is 79.2 Å². The number of hydrogen-bond acceptors (Lipinski definition) is 3. The molecule has 1 aromatic heterocycles. The van der Waals surface area contributed by atoms with Crippen molar-refractivity contribution in [2.75, 3.05) is 0 Å². The summed E-state index contributed by atoms with van der Waals surface area (Å²) in [4.78, 5) is 5.76. The Kier molecular flexibility index (Phi) is 5.89. The van der Waals surface area contributed by atoms with E-state index in [1.807, 2.05) is 42.5 Å². The molecule has 0 unspecified atom stereocenters. The van der Waals surface area contributed by atoms with Gasteiger partial charge in [0, 0.05) is 22.4 Å². The summed E-state index contributed by atoms with van der Waals surface area (Å²) in [6, 6.07) is 13.5. The molecule has 0 N–H and O–H groups in total. The van der Waals surface area contributed by atoms with Crippen LogP contribution < -0.4 is 0 Å². The predicted octanol–water partition coefficient (Wildman–Crippen LogP) is 6.99. The number of aromatic nitrogens is 1. The number of thiazole rings is 1. The molecule has 1 nitrogen and oxygen atoms in total. The molecule has 118 valence electrons. The van der Waals surface area contributed by atoms with Gasteiger partial charge in [0.1, 0.15) is 0 Å². The van der Waals surface area contributed by atoms with Gasteiger partial charge >= 0.3 is 0 Å². The average molecular weight is 401 g/mol. The Morgan fingerprint density at radius 1 is 0.957 bits per heavy atom. The first-order valence-corrected chi connectivity index (χ1v) is 9.86. The van der Waals surface area contributed by atoms with Crippen LogP contribution in [0.1, 0.15) is 16.3 Å². The molecule has 3 aromatic rings. The summed E-state index contributed by atoms with van der Waals surface area (Å²) in [6.07, 6.45) is 0.762. The third-order valence-corrected chi connectivity index (χ3v) is 6.34. The van der Waals surface area contributed by atoms with Gasteiger partial charge in [-0.05, 0) is 29.8 Å². The van der Waals surface area contributed by atoms with Gasteiger partial charge in [0.2, 0.25) is 0 Å². The standard InChI is InChI=1S/C17H12Cl3NS2/c18-13-6-5-11(7-15(13)20)8-17-21-12(10-23-17)9-22-16-4-2-1-3-14(16)19/h1-7,10H,8-9H2. The van der Waals surface area contributed by atoms with E-state index in [1.54, 1.807) is 23.1 Å². The molecule has 0 aliphatic carbocycles. The van der Waals surface area contributed by atoms with Crippen molar-refractivity contribution in [3.8, 4) is 0 Å². The molecule has 6 heteroatoms. The van der Waals surface area contributed by atoms with Crippen molar-refractivity contribution in [2.45, 2.75) is 17.1 Å². The molecule has 0 saturated heterocycles. The normalized spacial score (nSPS) is 10.9. The molecule has 23 heavy (non-hydrogen) atoms. The van der Waals surface area contributed by atoms with Crippen molar-refractivity contribution >= 4 is 57.9 Å². The fourth-order valence-electron chi connectivity index (χ4n) is 2.03. The number of benzene rings is 2. The Morgan fingerprint density at radius 3 is 2.57 bits per heavy atom. The van der Waals surface area contributed by atoms with E-state index in [2.05, 4.69) is 10.4 Å². The van der Waals surface area contributed by atoms with Crippen LogP contribution in [-0.2, 0) is 12.2 Å². The number of rotatable bonds is 5. The fourth-order valence-corrected chi connectivity index (χ4v) is 4.42. The largest absolute Gasteiger partial charge is 0.245 e. The number of thioether (sulfide) groups is 1. The van der Waals surface area contributed by atoms with Gasteiger partial charge in [-0.2, -0.15) is 0 Å². The zero-order valence-electron chi connectivity index (χ0n) is 11.9. The first-order valence-electron chi connectivity index (χ1n) is 6.86. The van der Waals surface area contributed by atoms with Crippen molar-refractivity contribution in [3.63, 3.8) is 0 Å². The molecule has 3 rings (SSSR count). The van der Waals surface area contributed by atoms with E-state index < -0.39 is 0 Å². The first kappa shape index (κ1) is 17.1. The number of hydrogen-bond donors (Lipinski definition) is 0. The molecular formula is C17H12Cl3NS2. The van der Waals surface area contributed by atoms with Gasteiger partial charge in [0.15, 0.2) is 0 Å². The first-order chi connectivity index (χ1) is 11.1. The van der Waals surface area contributed by atoms with Crippen LogP contribution in [0.3, 0.4) is 0 Å². The van der Waals surface area contributed by atoms with Crippen LogP contribution in [0.4, 0.5) is 0 Å². The van der Waals surface area contributed by atoms with E-state index >= 15 is 0 Å². The molecule has 0 fully saturated rings. The third kappa shape index (κ3) is 4.65. The highest BCUT2D eigenvalue weighted by Crippen LogP contribution is 2.30. The van der Waals surface area contributed by atoms with E-state index in [9.17, 15) is 0 Å². The summed E-state index contributed by atoms with van der Waals surface area (Å²) in [5.41, 5.74) is 2.18. The summed E-state index contributed by atoms with van der Waals surface area (Å²) < 4.78 is 0. The minimum atomic E-state index is 0.575. The second-order valence-corrected chi connectivity index (χ2v) is 8.06. The van der Waals surface area contributed by atoms with Crippen molar-refractivity contribution < 1.29 is 0 Å². The smallest absolute Gasteiger partial charge is 0.0972 e. The summed E-state index contributed by atoms with van der Waals surface area (Å²) in [7, 11) is 0. The van der Waals surface area contributed by atoms with Gasteiger partial charge < -0.3 is 0 Å². The van der Waals surface area contributed by atoms with Crippen molar-refractivity contribution in [1.82, 2.24) is 4.98 Å². The lowest BCUT2D eigenvalue weighted by Gasteiger charge is -2.02. The topological polar surface area (TPSA) is 12.9 Å². The third-order valence-electron chi connectivity index (χ3n) is 3.15. The Labute approximate surface area is 158 Å². The van der Waals surface area contributed by atoms with Crippen LogP contribution in [0.5, 0.6) is 0 Å². The molecule has 2 aromatic carbocycles. The molecule has 0 bridgehead atoms. The number of halogens is 3. The van der Waals surface area contributed by atoms with Gasteiger partial charge in [-0.3, -0.25) is 0 Å². The minimum absolute atomic E-state index is 0.575. The molecule has 0 radical (unpaired) electrons. The van der Waals surface area contributed by atoms with Gasteiger partial charge in [-0.25, -0.2) is 4.98 Å². The highest BCUT2D eigenvalue weighted by Gasteiger charge is 2.07. The van der Waals surface area contributed by atoms with Gasteiger partial charge in [0.25, 0.3) is 0 Å². The molecular weight excluding hydrogens is 389 g/mol. The van der Waals surface area contributed by atoms with Crippen LogP contribution >= 0.6 is 57.9 Å². The van der Waals surface area contributed by atoms with Crippen LogP contribution in [0.2, 0.25) is 15.1 Å². The molecule has 0 amide bonds. The Balaban J connectivity index is 1.64. The summed E-state index contributed by atoms with van der Waals surface area (Å²) >= 11 is 21.5. The molecule has 0 spiro atoms. The lowest BCUT2D eigenvalue weighted by atomic mass is 10.2. The summed E-state index contributed by atoms with van der Waals surface area (Å²) in [5.74, 6) is 0.807. The maximum Gasteiger partial charge on any atom is 0.0972 e. The monoisotopic (exact) mass is 399 g/mol. The summed E-state index contributed by atoms with van der Waals surface area (Å²) in [6.45, 7) is 0. The van der Waals surface area contributed by atoms with E-state index in [4.69, 9.17) is 34.8 Å². The van der Waals surface area contributed by atoms with E-state index in [0.29, 0.717) is 10.0 Å². The zero-order valence-corrected chi connectivity index (χ0v) is 15.8. The molecule has 1 heterocycles. The number of nitrogens with zero attached hydrogens (tertiary/aromatic N) is 1. The molecule has 0 atom stereocenters.